The maximum Gasteiger partial charge on any atom is 0.267 e. The molecule has 0 bridgehead atoms. The number of hydrogen-bond donors (Lipinski definition) is 4. The third-order valence-electron chi connectivity index (χ3n) is 4.67. The molecule has 0 aliphatic heterocycles. The molecule has 6 nitrogen and oxygen atoms in total. The van der Waals surface area contributed by atoms with Crippen molar-refractivity contribution < 1.29 is 15.1 Å². The van der Waals surface area contributed by atoms with Crippen LogP contribution in [0.5, 0.6) is 0 Å². The second-order valence-electron chi connectivity index (χ2n) is 6.70. The summed E-state index contributed by atoms with van der Waals surface area (Å²) in [5.74, 6) is -0.559. The van der Waals surface area contributed by atoms with Gasteiger partial charge < -0.3 is 10.1 Å². The Morgan fingerprint density at radius 1 is 1.07 bits per heavy atom. The first-order valence-electron chi connectivity index (χ1n) is 10.3. The number of hydroxylamine groups is 1. The molecule has 0 saturated heterocycles. The van der Waals surface area contributed by atoms with Crippen LogP contribution < -0.4 is 5.48 Å². The molecule has 1 amide bonds. The molecule has 6 heteroatoms. The van der Waals surface area contributed by atoms with Crippen LogP contribution in [0.4, 0.5) is 0 Å². The first kappa shape index (κ1) is 23.3. The SMILES string of the molecule is CC.O=C(/C=C/c1ccc(CN(CCO)CCc2ccc3[nH]ccc3c2)cc1)NO. The lowest BCUT2D eigenvalue weighted by atomic mass is 10.1. The second-order valence-corrected chi connectivity index (χ2v) is 6.70. The zero-order valence-electron chi connectivity index (χ0n) is 17.6. The number of benzene rings is 2. The van der Waals surface area contributed by atoms with Gasteiger partial charge in [-0.3, -0.25) is 14.9 Å². The van der Waals surface area contributed by atoms with Gasteiger partial charge in [-0.25, -0.2) is 5.48 Å². The summed E-state index contributed by atoms with van der Waals surface area (Å²) >= 11 is 0. The Morgan fingerprint density at radius 3 is 2.50 bits per heavy atom. The van der Waals surface area contributed by atoms with Crippen LogP contribution >= 0.6 is 0 Å². The highest BCUT2D eigenvalue weighted by molar-refractivity contribution is 5.90. The molecule has 1 aromatic heterocycles. The second kappa shape index (κ2) is 12.6. The normalized spacial score (nSPS) is 11.0. The minimum Gasteiger partial charge on any atom is -0.395 e. The Morgan fingerprint density at radius 2 is 1.80 bits per heavy atom. The van der Waals surface area contributed by atoms with Crippen molar-refractivity contribution in [3.8, 4) is 0 Å². The Balaban J connectivity index is 0.00000155. The summed E-state index contributed by atoms with van der Waals surface area (Å²) in [5, 5.41) is 19.1. The summed E-state index contributed by atoms with van der Waals surface area (Å²) in [7, 11) is 0. The fourth-order valence-electron chi connectivity index (χ4n) is 3.16. The van der Waals surface area contributed by atoms with E-state index in [0.29, 0.717) is 6.54 Å². The topological polar surface area (TPSA) is 88.6 Å². The molecule has 0 aliphatic rings. The molecule has 3 rings (SSSR count). The Hall–Kier alpha value is -2.93. The highest BCUT2D eigenvalue weighted by atomic mass is 16.5. The van der Waals surface area contributed by atoms with Gasteiger partial charge in [0.15, 0.2) is 0 Å². The zero-order valence-corrected chi connectivity index (χ0v) is 17.6. The molecule has 160 valence electrons. The van der Waals surface area contributed by atoms with Crippen molar-refractivity contribution in [2.45, 2.75) is 26.8 Å². The van der Waals surface area contributed by atoms with Gasteiger partial charge in [0.25, 0.3) is 5.91 Å². The molecule has 0 unspecified atom stereocenters. The van der Waals surface area contributed by atoms with Crippen molar-refractivity contribution in [2.75, 3.05) is 19.7 Å². The largest absolute Gasteiger partial charge is 0.395 e. The third-order valence-corrected chi connectivity index (χ3v) is 4.67. The summed E-state index contributed by atoms with van der Waals surface area (Å²) in [6.07, 6.45) is 5.77. The summed E-state index contributed by atoms with van der Waals surface area (Å²) < 4.78 is 0. The number of aliphatic hydroxyl groups excluding tert-OH is 1. The number of nitrogens with zero attached hydrogens (tertiary/aromatic N) is 1. The third kappa shape index (κ3) is 7.15. The first-order valence-corrected chi connectivity index (χ1v) is 10.3. The van der Waals surface area contributed by atoms with E-state index in [2.05, 4.69) is 34.1 Å². The number of carbonyl (C=O) groups excluding carboxylic acids is 1. The van der Waals surface area contributed by atoms with Gasteiger partial charge in [-0.05, 0) is 52.8 Å². The molecule has 2 aromatic carbocycles. The van der Waals surface area contributed by atoms with Crippen LogP contribution in [0.15, 0.2) is 60.8 Å². The number of fused-ring (bicyclic) bond motifs is 1. The molecular weight excluding hydrogens is 378 g/mol. The van der Waals surface area contributed by atoms with Gasteiger partial charge in [-0.1, -0.05) is 44.2 Å². The van der Waals surface area contributed by atoms with E-state index in [1.54, 1.807) is 11.6 Å². The van der Waals surface area contributed by atoms with Gasteiger partial charge in [0, 0.05) is 37.4 Å². The van der Waals surface area contributed by atoms with Crippen molar-refractivity contribution in [1.82, 2.24) is 15.4 Å². The lowest BCUT2D eigenvalue weighted by Crippen LogP contribution is -2.28. The molecule has 0 aliphatic carbocycles. The van der Waals surface area contributed by atoms with E-state index >= 15 is 0 Å². The number of aromatic nitrogens is 1. The molecule has 0 radical (unpaired) electrons. The van der Waals surface area contributed by atoms with Gasteiger partial charge in [0.2, 0.25) is 0 Å². The number of aliphatic hydroxyl groups is 1. The van der Waals surface area contributed by atoms with E-state index in [-0.39, 0.29) is 6.61 Å². The molecule has 1 heterocycles. The molecule has 4 N–H and O–H groups in total. The standard InChI is InChI=1S/C22H25N3O3.C2H6/c26-14-13-25(12-10-18-5-7-21-20(15-18)9-11-23-21)16-19-3-1-17(2-4-19)6-8-22(27)24-28;1-2/h1-9,11,15,23,26,28H,10,12-14,16H2,(H,24,27);1-2H3/b8-6+;. The molecule has 0 spiro atoms. The number of amides is 1. The van der Waals surface area contributed by atoms with Crippen LogP contribution in [0.3, 0.4) is 0 Å². The van der Waals surface area contributed by atoms with Crippen molar-refractivity contribution >= 4 is 22.9 Å². The van der Waals surface area contributed by atoms with Crippen LogP contribution in [0.1, 0.15) is 30.5 Å². The van der Waals surface area contributed by atoms with Crippen molar-refractivity contribution in [2.24, 2.45) is 0 Å². The predicted molar refractivity (Wildman–Crippen MR) is 121 cm³/mol. The Labute approximate surface area is 177 Å². The molecule has 0 fully saturated rings. The van der Waals surface area contributed by atoms with Gasteiger partial charge in [0.1, 0.15) is 0 Å². The number of aromatic amines is 1. The maximum atomic E-state index is 11.0. The highest BCUT2D eigenvalue weighted by Crippen LogP contribution is 2.15. The van der Waals surface area contributed by atoms with Gasteiger partial charge in [-0.15, -0.1) is 0 Å². The zero-order chi connectivity index (χ0) is 21.8. The van der Waals surface area contributed by atoms with Crippen LogP contribution in [0.25, 0.3) is 17.0 Å². The summed E-state index contributed by atoms with van der Waals surface area (Å²) in [6.45, 7) is 6.33. The summed E-state index contributed by atoms with van der Waals surface area (Å²) in [4.78, 5) is 16.5. The van der Waals surface area contributed by atoms with Crippen LogP contribution in [0.2, 0.25) is 0 Å². The Kier molecular flexibility index (Phi) is 9.80. The molecular formula is C24H31N3O3. The van der Waals surface area contributed by atoms with E-state index in [4.69, 9.17) is 5.21 Å². The van der Waals surface area contributed by atoms with Crippen LogP contribution in [0, 0.1) is 0 Å². The van der Waals surface area contributed by atoms with E-state index in [1.807, 2.05) is 44.3 Å². The number of hydrogen-bond acceptors (Lipinski definition) is 4. The van der Waals surface area contributed by atoms with Crippen LogP contribution in [-0.4, -0.2) is 45.8 Å². The fourth-order valence-corrected chi connectivity index (χ4v) is 3.16. The quantitative estimate of drug-likeness (QED) is 0.246. The van der Waals surface area contributed by atoms with Gasteiger partial charge >= 0.3 is 0 Å². The maximum absolute atomic E-state index is 11.0. The number of rotatable bonds is 9. The monoisotopic (exact) mass is 409 g/mol. The molecule has 0 atom stereocenters. The smallest absolute Gasteiger partial charge is 0.267 e. The lowest BCUT2D eigenvalue weighted by Gasteiger charge is -2.21. The minimum absolute atomic E-state index is 0.119. The van der Waals surface area contributed by atoms with Gasteiger partial charge in [0.05, 0.1) is 6.61 Å². The number of H-pyrrole nitrogens is 1. The summed E-state index contributed by atoms with van der Waals surface area (Å²) in [5.41, 5.74) is 5.99. The highest BCUT2D eigenvalue weighted by Gasteiger charge is 2.07. The fraction of sp³-hybridized carbons (Fsp3) is 0.292. The predicted octanol–water partition coefficient (Wildman–Crippen LogP) is 3.75. The van der Waals surface area contributed by atoms with E-state index in [0.717, 1.165) is 36.2 Å². The van der Waals surface area contributed by atoms with Crippen LogP contribution in [-0.2, 0) is 17.8 Å². The van der Waals surface area contributed by atoms with E-state index in [9.17, 15) is 9.90 Å². The Bertz CT molecular complexity index is 932. The first-order chi connectivity index (χ1) is 14.7. The van der Waals surface area contributed by atoms with Crippen molar-refractivity contribution in [3.05, 3.63) is 77.5 Å². The van der Waals surface area contributed by atoms with E-state index < -0.39 is 5.91 Å². The summed E-state index contributed by atoms with van der Waals surface area (Å²) in [6, 6.07) is 16.4. The number of carbonyl (C=O) groups is 1. The number of nitrogens with one attached hydrogen (secondary N) is 2. The average molecular weight is 410 g/mol. The van der Waals surface area contributed by atoms with Gasteiger partial charge in [-0.2, -0.15) is 0 Å². The van der Waals surface area contributed by atoms with Crippen molar-refractivity contribution in [1.29, 1.82) is 0 Å². The molecule has 30 heavy (non-hydrogen) atoms. The average Bonchev–Trinajstić information content (AvgIpc) is 3.26. The lowest BCUT2D eigenvalue weighted by molar-refractivity contribution is -0.124. The minimum atomic E-state index is -0.559. The van der Waals surface area contributed by atoms with E-state index in [1.165, 1.54) is 17.0 Å². The van der Waals surface area contributed by atoms with Crippen molar-refractivity contribution in [3.63, 3.8) is 0 Å². The molecule has 0 saturated carbocycles. The molecule has 3 aromatic rings.